The maximum Gasteiger partial charge on any atom is 0.244 e. The lowest BCUT2D eigenvalue weighted by Gasteiger charge is -2.11. The SMILES string of the molecule is COc1ccc(/C=C/C(=O)NCc2cc(Cl)c3c(c2)OCCCO3)cc1. The zero-order valence-electron chi connectivity index (χ0n) is 14.5. The van der Waals surface area contributed by atoms with E-state index in [0.717, 1.165) is 23.3 Å². The molecule has 0 atom stereocenters. The van der Waals surface area contributed by atoms with Crippen LogP contribution in [0.4, 0.5) is 0 Å². The molecule has 0 unspecified atom stereocenters. The maximum atomic E-state index is 12.0. The van der Waals surface area contributed by atoms with E-state index in [-0.39, 0.29) is 5.91 Å². The summed E-state index contributed by atoms with van der Waals surface area (Å²) in [5.74, 6) is 1.77. The van der Waals surface area contributed by atoms with Gasteiger partial charge in [0, 0.05) is 19.0 Å². The summed E-state index contributed by atoms with van der Waals surface area (Å²) in [6.07, 6.45) is 4.05. The standard InChI is InChI=1S/C20H20ClNO4/c1-24-16-6-3-14(4-7-16)5-8-19(23)22-13-15-11-17(21)20-18(12-15)25-9-2-10-26-20/h3-8,11-12H,2,9-10,13H2,1H3,(H,22,23)/b8-5+. The summed E-state index contributed by atoms with van der Waals surface area (Å²) in [5, 5.41) is 3.32. The summed E-state index contributed by atoms with van der Waals surface area (Å²) in [6.45, 7) is 1.52. The molecule has 0 saturated heterocycles. The molecule has 1 aliphatic rings. The fourth-order valence-electron chi connectivity index (χ4n) is 2.52. The third-order valence-corrected chi connectivity index (χ3v) is 4.15. The third kappa shape index (κ3) is 4.70. The molecule has 1 N–H and O–H groups in total. The summed E-state index contributed by atoms with van der Waals surface area (Å²) in [5.41, 5.74) is 1.77. The van der Waals surface area contributed by atoms with E-state index >= 15 is 0 Å². The number of carbonyl (C=O) groups excluding carboxylic acids is 1. The topological polar surface area (TPSA) is 56.8 Å². The van der Waals surface area contributed by atoms with Crippen LogP contribution in [0.1, 0.15) is 17.5 Å². The Morgan fingerprint density at radius 2 is 2.00 bits per heavy atom. The van der Waals surface area contributed by atoms with E-state index in [1.165, 1.54) is 6.08 Å². The van der Waals surface area contributed by atoms with Crippen LogP contribution in [0.25, 0.3) is 6.08 Å². The van der Waals surface area contributed by atoms with Crippen molar-refractivity contribution in [3.63, 3.8) is 0 Å². The van der Waals surface area contributed by atoms with Crippen LogP contribution in [0.5, 0.6) is 17.2 Å². The highest BCUT2D eigenvalue weighted by molar-refractivity contribution is 6.32. The molecule has 1 aliphatic heterocycles. The number of rotatable bonds is 5. The van der Waals surface area contributed by atoms with Crippen LogP contribution in [0.15, 0.2) is 42.5 Å². The number of halogens is 1. The molecule has 1 heterocycles. The van der Waals surface area contributed by atoms with Gasteiger partial charge in [-0.25, -0.2) is 0 Å². The molecule has 0 spiro atoms. The van der Waals surface area contributed by atoms with Crippen molar-refractivity contribution in [1.82, 2.24) is 5.32 Å². The van der Waals surface area contributed by atoms with Crippen LogP contribution < -0.4 is 19.5 Å². The minimum absolute atomic E-state index is 0.191. The lowest BCUT2D eigenvalue weighted by Crippen LogP contribution is -2.20. The first-order valence-electron chi connectivity index (χ1n) is 8.33. The van der Waals surface area contributed by atoms with E-state index in [4.69, 9.17) is 25.8 Å². The van der Waals surface area contributed by atoms with E-state index in [1.807, 2.05) is 30.3 Å². The highest BCUT2D eigenvalue weighted by Crippen LogP contribution is 2.37. The van der Waals surface area contributed by atoms with Gasteiger partial charge in [-0.3, -0.25) is 4.79 Å². The molecule has 0 radical (unpaired) electrons. The maximum absolute atomic E-state index is 12.0. The summed E-state index contributed by atoms with van der Waals surface area (Å²) in [6, 6.07) is 11.1. The van der Waals surface area contributed by atoms with Crippen LogP contribution in [0.2, 0.25) is 5.02 Å². The van der Waals surface area contributed by atoms with Gasteiger partial charge in [-0.1, -0.05) is 23.7 Å². The molecule has 1 amide bonds. The molecule has 5 nitrogen and oxygen atoms in total. The number of methoxy groups -OCH3 is 1. The van der Waals surface area contributed by atoms with Crippen LogP contribution in [0.3, 0.4) is 0 Å². The van der Waals surface area contributed by atoms with Crippen molar-refractivity contribution in [3.05, 3.63) is 58.6 Å². The Morgan fingerprint density at radius 3 is 2.77 bits per heavy atom. The molecular formula is C20H20ClNO4. The Morgan fingerprint density at radius 1 is 1.23 bits per heavy atom. The Hall–Kier alpha value is -2.66. The Bertz CT molecular complexity index is 802. The van der Waals surface area contributed by atoms with Crippen LogP contribution >= 0.6 is 11.6 Å². The first kappa shape index (κ1) is 18.1. The van der Waals surface area contributed by atoms with Gasteiger partial charge in [-0.2, -0.15) is 0 Å². The van der Waals surface area contributed by atoms with Crippen LogP contribution in [-0.4, -0.2) is 26.2 Å². The number of ether oxygens (including phenoxy) is 3. The number of hydrogen-bond donors (Lipinski definition) is 1. The third-order valence-electron chi connectivity index (χ3n) is 3.87. The van der Waals surface area contributed by atoms with Crippen LogP contribution in [0, 0.1) is 0 Å². The number of nitrogens with one attached hydrogen (secondary N) is 1. The Kier molecular flexibility index (Phi) is 6.02. The number of fused-ring (bicyclic) bond motifs is 1. The van der Waals surface area contributed by atoms with E-state index < -0.39 is 0 Å². The predicted octanol–water partition coefficient (Wildman–Crippen LogP) is 3.84. The van der Waals surface area contributed by atoms with Crippen molar-refractivity contribution >= 4 is 23.6 Å². The number of carbonyl (C=O) groups is 1. The smallest absolute Gasteiger partial charge is 0.244 e. The molecule has 0 bridgehead atoms. The van der Waals surface area contributed by atoms with Gasteiger partial charge in [0.2, 0.25) is 5.91 Å². The second-order valence-electron chi connectivity index (χ2n) is 5.78. The van der Waals surface area contributed by atoms with Crippen molar-refractivity contribution in [3.8, 4) is 17.2 Å². The van der Waals surface area contributed by atoms with Crippen molar-refractivity contribution in [1.29, 1.82) is 0 Å². The zero-order valence-corrected chi connectivity index (χ0v) is 15.2. The van der Waals surface area contributed by atoms with Crippen molar-refractivity contribution in [2.75, 3.05) is 20.3 Å². The molecular weight excluding hydrogens is 354 g/mol. The Labute approximate surface area is 157 Å². The lowest BCUT2D eigenvalue weighted by atomic mass is 10.2. The van der Waals surface area contributed by atoms with Gasteiger partial charge in [-0.15, -0.1) is 0 Å². The molecule has 0 aliphatic carbocycles. The minimum atomic E-state index is -0.191. The lowest BCUT2D eigenvalue weighted by molar-refractivity contribution is -0.116. The van der Waals surface area contributed by atoms with Gasteiger partial charge in [-0.05, 0) is 41.5 Å². The molecule has 26 heavy (non-hydrogen) atoms. The molecule has 6 heteroatoms. The van der Waals surface area contributed by atoms with Gasteiger partial charge in [0.1, 0.15) is 5.75 Å². The molecule has 2 aromatic rings. The second kappa shape index (κ2) is 8.63. The van der Waals surface area contributed by atoms with Crippen molar-refractivity contribution in [2.24, 2.45) is 0 Å². The van der Waals surface area contributed by atoms with Gasteiger partial charge in [0.15, 0.2) is 11.5 Å². The molecule has 136 valence electrons. The van der Waals surface area contributed by atoms with Gasteiger partial charge in [0.05, 0.1) is 25.3 Å². The molecule has 0 fully saturated rings. The summed E-state index contributed by atoms with van der Waals surface area (Å²) >= 11 is 6.26. The fourth-order valence-corrected chi connectivity index (χ4v) is 2.81. The summed E-state index contributed by atoms with van der Waals surface area (Å²) in [7, 11) is 1.62. The van der Waals surface area contributed by atoms with E-state index in [9.17, 15) is 4.79 Å². The molecule has 3 rings (SSSR count). The number of hydrogen-bond acceptors (Lipinski definition) is 4. The van der Waals surface area contributed by atoms with Gasteiger partial charge < -0.3 is 19.5 Å². The normalized spacial score (nSPS) is 13.3. The Balaban J connectivity index is 1.59. The van der Waals surface area contributed by atoms with Crippen LogP contribution in [-0.2, 0) is 11.3 Å². The van der Waals surface area contributed by atoms with E-state index in [2.05, 4.69) is 5.32 Å². The highest BCUT2D eigenvalue weighted by Gasteiger charge is 2.15. The van der Waals surface area contributed by atoms with Crippen molar-refractivity contribution < 1.29 is 19.0 Å². The molecule has 2 aromatic carbocycles. The first-order chi connectivity index (χ1) is 12.7. The van der Waals surface area contributed by atoms with Gasteiger partial charge in [0.25, 0.3) is 0 Å². The highest BCUT2D eigenvalue weighted by atomic mass is 35.5. The van der Waals surface area contributed by atoms with Crippen molar-refractivity contribution in [2.45, 2.75) is 13.0 Å². The van der Waals surface area contributed by atoms with Gasteiger partial charge >= 0.3 is 0 Å². The van der Waals surface area contributed by atoms with E-state index in [1.54, 1.807) is 19.3 Å². The summed E-state index contributed by atoms with van der Waals surface area (Å²) < 4.78 is 16.4. The fraction of sp³-hybridized carbons (Fsp3) is 0.250. The predicted molar refractivity (Wildman–Crippen MR) is 101 cm³/mol. The quantitative estimate of drug-likeness (QED) is 0.809. The largest absolute Gasteiger partial charge is 0.497 e. The first-order valence-corrected chi connectivity index (χ1v) is 8.71. The zero-order chi connectivity index (χ0) is 18.4. The number of benzene rings is 2. The van der Waals surface area contributed by atoms with E-state index in [0.29, 0.717) is 36.3 Å². The molecule has 0 aromatic heterocycles. The number of amides is 1. The average Bonchev–Trinajstić information content (AvgIpc) is 2.91. The monoisotopic (exact) mass is 373 g/mol. The minimum Gasteiger partial charge on any atom is -0.497 e. The summed E-state index contributed by atoms with van der Waals surface area (Å²) in [4.78, 5) is 12.0. The molecule has 0 saturated carbocycles. The second-order valence-corrected chi connectivity index (χ2v) is 6.19. The average molecular weight is 374 g/mol.